The van der Waals surface area contributed by atoms with E-state index in [0.717, 1.165) is 16.5 Å². The average molecular weight is 263 g/mol. The Morgan fingerprint density at radius 3 is 2.63 bits per heavy atom. The van der Waals surface area contributed by atoms with Gasteiger partial charge >= 0.3 is 5.97 Å². The van der Waals surface area contributed by atoms with E-state index >= 15 is 0 Å². The van der Waals surface area contributed by atoms with Crippen LogP contribution in [0, 0.1) is 0 Å². The fraction of sp³-hybridized carbons (Fsp3) is 0.357. The monoisotopic (exact) mass is 263 g/mol. The zero-order valence-corrected chi connectivity index (χ0v) is 10.5. The van der Waals surface area contributed by atoms with Crippen molar-refractivity contribution in [2.24, 2.45) is 0 Å². The van der Waals surface area contributed by atoms with E-state index in [1.165, 1.54) is 0 Å². The van der Waals surface area contributed by atoms with Crippen molar-refractivity contribution < 1.29 is 20.1 Å². The first kappa shape index (κ1) is 13.6. The molecule has 5 nitrogen and oxygen atoms in total. The number of benzene rings is 1. The number of aromatic nitrogens is 1. The second-order valence-corrected chi connectivity index (χ2v) is 4.44. The largest absolute Gasteiger partial charge is 0.478 e. The molecule has 2 rings (SSSR count). The van der Waals surface area contributed by atoms with E-state index in [1.54, 1.807) is 18.2 Å². The second-order valence-electron chi connectivity index (χ2n) is 4.44. The molecule has 2 aromatic rings. The van der Waals surface area contributed by atoms with Gasteiger partial charge < -0.3 is 19.9 Å². The Morgan fingerprint density at radius 2 is 2.00 bits per heavy atom. The summed E-state index contributed by atoms with van der Waals surface area (Å²) in [6, 6.07) is 4.98. The van der Waals surface area contributed by atoms with Crippen LogP contribution in [0.1, 0.15) is 22.3 Å². The SMILES string of the molecule is O=C(O)c1ccc2c(c1)c(CCCO)cn2CCO. The minimum absolute atomic E-state index is 0.0316. The summed E-state index contributed by atoms with van der Waals surface area (Å²) in [5.74, 6) is -0.954. The first-order chi connectivity index (χ1) is 9.17. The van der Waals surface area contributed by atoms with Gasteiger partial charge in [-0.3, -0.25) is 0 Å². The molecule has 0 atom stereocenters. The van der Waals surface area contributed by atoms with Crippen molar-refractivity contribution in [3.8, 4) is 0 Å². The molecule has 0 aliphatic carbocycles. The number of carboxylic acids is 1. The van der Waals surface area contributed by atoms with Gasteiger partial charge in [0.15, 0.2) is 0 Å². The third-order valence-corrected chi connectivity index (χ3v) is 3.16. The molecule has 19 heavy (non-hydrogen) atoms. The van der Waals surface area contributed by atoms with Gasteiger partial charge in [-0.1, -0.05) is 0 Å². The molecule has 0 saturated carbocycles. The minimum Gasteiger partial charge on any atom is -0.478 e. The average Bonchev–Trinajstić information content (AvgIpc) is 2.74. The van der Waals surface area contributed by atoms with Crippen molar-refractivity contribution >= 4 is 16.9 Å². The van der Waals surface area contributed by atoms with Crippen LogP contribution in [-0.2, 0) is 13.0 Å². The Hall–Kier alpha value is -1.85. The molecule has 0 bridgehead atoms. The molecule has 1 aromatic heterocycles. The Balaban J connectivity index is 2.51. The first-order valence-electron chi connectivity index (χ1n) is 6.24. The summed E-state index contributed by atoms with van der Waals surface area (Å²) in [4.78, 5) is 11.0. The smallest absolute Gasteiger partial charge is 0.335 e. The van der Waals surface area contributed by atoms with Crippen LogP contribution >= 0.6 is 0 Å². The molecule has 0 radical (unpaired) electrons. The summed E-state index contributed by atoms with van der Waals surface area (Å²) in [5.41, 5.74) is 2.16. The fourth-order valence-corrected chi connectivity index (χ4v) is 2.27. The molecular formula is C14H17NO4. The van der Waals surface area contributed by atoms with Crippen LogP contribution < -0.4 is 0 Å². The van der Waals surface area contributed by atoms with Crippen molar-refractivity contribution in [3.05, 3.63) is 35.5 Å². The van der Waals surface area contributed by atoms with E-state index in [9.17, 15) is 4.79 Å². The fourth-order valence-electron chi connectivity index (χ4n) is 2.27. The van der Waals surface area contributed by atoms with Gasteiger partial charge in [0, 0.05) is 30.3 Å². The van der Waals surface area contributed by atoms with Crippen LogP contribution in [0.25, 0.3) is 10.9 Å². The van der Waals surface area contributed by atoms with Crippen LogP contribution in [0.2, 0.25) is 0 Å². The minimum atomic E-state index is -0.954. The number of aliphatic hydroxyl groups excluding tert-OH is 2. The van der Waals surface area contributed by atoms with Gasteiger partial charge in [0.25, 0.3) is 0 Å². The second kappa shape index (κ2) is 5.86. The number of hydrogen-bond donors (Lipinski definition) is 3. The number of nitrogens with zero attached hydrogens (tertiary/aromatic N) is 1. The summed E-state index contributed by atoms with van der Waals surface area (Å²) in [5, 5.41) is 27.9. The standard InChI is InChI=1S/C14H17NO4/c16-6-1-2-11-9-15(5-7-17)13-4-3-10(14(18)19)8-12(11)13/h3-4,8-9,16-17H,1-2,5-7H2,(H,18,19). The highest BCUT2D eigenvalue weighted by molar-refractivity contribution is 5.95. The predicted molar refractivity (Wildman–Crippen MR) is 71.4 cm³/mol. The summed E-state index contributed by atoms with van der Waals surface area (Å²) in [6.07, 6.45) is 3.24. The lowest BCUT2D eigenvalue weighted by atomic mass is 10.1. The number of aromatic carboxylic acids is 1. The Labute approximate surface area is 110 Å². The molecule has 0 aliphatic rings. The van der Waals surface area contributed by atoms with E-state index < -0.39 is 5.97 Å². The zero-order valence-electron chi connectivity index (χ0n) is 10.5. The number of aryl methyl sites for hydroxylation is 1. The summed E-state index contributed by atoms with van der Waals surface area (Å²) in [6.45, 7) is 0.608. The third-order valence-electron chi connectivity index (χ3n) is 3.16. The maximum atomic E-state index is 11.0. The highest BCUT2D eigenvalue weighted by atomic mass is 16.4. The van der Waals surface area contributed by atoms with Crippen LogP contribution in [0.5, 0.6) is 0 Å². The zero-order chi connectivity index (χ0) is 13.8. The number of fused-ring (bicyclic) bond motifs is 1. The number of rotatable bonds is 6. The van der Waals surface area contributed by atoms with E-state index in [4.69, 9.17) is 15.3 Å². The molecule has 0 amide bonds. The normalized spacial score (nSPS) is 11.1. The molecule has 102 valence electrons. The van der Waals surface area contributed by atoms with Gasteiger partial charge in [-0.05, 0) is 36.6 Å². The molecule has 0 aliphatic heterocycles. The van der Waals surface area contributed by atoms with Gasteiger partial charge in [-0.2, -0.15) is 0 Å². The topological polar surface area (TPSA) is 82.7 Å². The maximum absolute atomic E-state index is 11.0. The van der Waals surface area contributed by atoms with Crippen LogP contribution in [0.15, 0.2) is 24.4 Å². The van der Waals surface area contributed by atoms with E-state index in [0.29, 0.717) is 19.4 Å². The van der Waals surface area contributed by atoms with Gasteiger partial charge in [0.1, 0.15) is 0 Å². The number of aliphatic hydroxyl groups is 2. The van der Waals surface area contributed by atoms with Crippen molar-refractivity contribution in [1.29, 1.82) is 0 Å². The van der Waals surface area contributed by atoms with Crippen LogP contribution in [-0.4, -0.2) is 39.1 Å². The maximum Gasteiger partial charge on any atom is 0.335 e. The summed E-state index contributed by atoms with van der Waals surface area (Å²) >= 11 is 0. The van der Waals surface area contributed by atoms with Gasteiger partial charge in [0.2, 0.25) is 0 Å². The molecule has 5 heteroatoms. The highest BCUT2D eigenvalue weighted by Gasteiger charge is 2.11. The number of carbonyl (C=O) groups is 1. The van der Waals surface area contributed by atoms with Crippen LogP contribution in [0.3, 0.4) is 0 Å². The number of hydrogen-bond acceptors (Lipinski definition) is 3. The Morgan fingerprint density at radius 1 is 1.21 bits per heavy atom. The van der Waals surface area contributed by atoms with Gasteiger partial charge in [-0.15, -0.1) is 0 Å². The lowest BCUT2D eigenvalue weighted by Crippen LogP contribution is -2.00. The molecule has 0 saturated heterocycles. The third kappa shape index (κ3) is 2.77. The lowest BCUT2D eigenvalue weighted by Gasteiger charge is -2.02. The first-order valence-corrected chi connectivity index (χ1v) is 6.24. The van der Waals surface area contributed by atoms with Crippen molar-refractivity contribution in [2.45, 2.75) is 19.4 Å². The van der Waals surface area contributed by atoms with E-state index in [1.807, 2.05) is 10.8 Å². The lowest BCUT2D eigenvalue weighted by molar-refractivity contribution is 0.0697. The van der Waals surface area contributed by atoms with E-state index in [2.05, 4.69) is 0 Å². The summed E-state index contributed by atoms with van der Waals surface area (Å²) < 4.78 is 1.91. The van der Waals surface area contributed by atoms with Crippen molar-refractivity contribution in [2.75, 3.05) is 13.2 Å². The molecule has 1 aromatic carbocycles. The molecule has 0 spiro atoms. The molecule has 3 N–H and O–H groups in total. The molecule has 0 fully saturated rings. The van der Waals surface area contributed by atoms with Crippen molar-refractivity contribution in [1.82, 2.24) is 4.57 Å². The highest BCUT2D eigenvalue weighted by Crippen LogP contribution is 2.24. The molecular weight excluding hydrogens is 246 g/mol. The quantitative estimate of drug-likeness (QED) is 0.732. The van der Waals surface area contributed by atoms with Crippen molar-refractivity contribution in [3.63, 3.8) is 0 Å². The van der Waals surface area contributed by atoms with Crippen LogP contribution in [0.4, 0.5) is 0 Å². The van der Waals surface area contributed by atoms with Gasteiger partial charge in [-0.25, -0.2) is 4.79 Å². The molecule has 1 heterocycles. The molecule has 0 unspecified atom stereocenters. The van der Waals surface area contributed by atoms with E-state index in [-0.39, 0.29) is 18.8 Å². The number of carboxylic acid groups (broad SMARTS) is 1. The predicted octanol–water partition coefficient (Wildman–Crippen LogP) is 1.26. The Bertz CT molecular complexity index is 588. The Kier molecular flexibility index (Phi) is 4.19. The summed E-state index contributed by atoms with van der Waals surface area (Å²) in [7, 11) is 0. The van der Waals surface area contributed by atoms with Gasteiger partial charge in [0.05, 0.1) is 12.2 Å².